The molecular formula is C21H23N. The Balaban J connectivity index is 1.93. The molecular weight excluding hydrogens is 266 g/mol. The number of aryl methyl sites for hydroxylation is 1. The molecule has 0 radical (unpaired) electrons. The number of nitrogens with two attached hydrogens (primary N) is 1. The van der Waals surface area contributed by atoms with Crippen LogP contribution in [0.25, 0.3) is 11.1 Å². The Hall–Kier alpha value is -1.76. The quantitative estimate of drug-likeness (QED) is 0.671. The second kappa shape index (κ2) is 3.95. The Morgan fingerprint density at radius 2 is 1.32 bits per heavy atom. The van der Waals surface area contributed by atoms with Crippen LogP contribution in [0.4, 0.5) is 5.69 Å². The molecule has 1 nitrogen and oxygen atoms in total. The molecule has 0 spiro atoms. The van der Waals surface area contributed by atoms with Gasteiger partial charge in [-0.2, -0.15) is 0 Å². The van der Waals surface area contributed by atoms with Gasteiger partial charge < -0.3 is 5.73 Å². The first-order chi connectivity index (χ1) is 10.7. The molecule has 2 aromatic carbocycles. The van der Waals surface area contributed by atoms with Crippen LogP contribution in [0.5, 0.6) is 0 Å². The number of benzene rings is 2. The average Bonchev–Trinajstić information content (AvgIpc) is 3.04. The van der Waals surface area contributed by atoms with Gasteiger partial charge in [0.2, 0.25) is 0 Å². The van der Waals surface area contributed by atoms with Gasteiger partial charge in [0.1, 0.15) is 0 Å². The average molecular weight is 289 g/mol. The molecule has 3 aliphatic rings. The first-order valence-electron chi connectivity index (χ1n) is 8.68. The van der Waals surface area contributed by atoms with Crippen LogP contribution in [0.1, 0.15) is 55.2 Å². The van der Waals surface area contributed by atoms with E-state index >= 15 is 0 Å². The van der Waals surface area contributed by atoms with E-state index < -0.39 is 0 Å². The number of hydrogen-bond acceptors (Lipinski definition) is 1. The summed E-state index contributed by atoms with van der Waals surface area (Å²) in [5.74, 6) is 0. The van der Waals surface area contributed by atoms with Crippen molar-refractivity contribution in [1.82, 2.24) is 0 Å². The van der Waals surface area contributed by atoms with E-state index in [9.17, 15) is 0 Å². The van der Waals surface area contributed by atoms with Crippen molar-refractivity contribution < 1.29 is 0 Å². The molecule has 0 saturated heterocycles. The number of hydrogen-bond donors (Lipinski definition) is 1. The Kier molecular flexibility index (Phi) is 2.29. The third-order valence-electron chi connectivity index (χ3n) is 6.87. The highest BCUT2D eigenvalue weighted by atomic mass is 14.7. The van der Waals surface area contributed by atoms with Crippen LogP contribution < -0.4 is 5.73 Å². The van der Waals surface area contributed by atoms with Gasteiger partial charge in [-0.3, -0.25) is 0 Å². The first kappa shape index (κ1) is 12.8. The zero-order chi connectivity index (χ0) is 14.9. The summed E-state index contributed by atoms with van der Waals surface area (Å²) in [4.78, 5) is 0. The summed E-state index contributed by atoms with van der Waals surface area (Å²) < 4.78 is 0. The maximum absolute atomic E-state index is 6.19. The maximum Gasteiger partial charge on any atom is 0.0317 e. The lowest BCUT2D eigenvalue weighted by Gasteiger charge is -2.48. The summed E-state index contributed by atoms with van der Waals surface area (Å²) in [6.07, 6.45) is 8.13. The molecule has 3 aliphatic carbocycles. The lowest BCUT2D eigenvalue weighted by Crippen LogP contribution is -2.43. The highest BCUT2D eigenvalue weighted by molar-refractivity contribution is 5.80. The standard InChI is InChI=1S/C21H23N/c1-14-4-6-16-17-7-5-15(22)13-19(17)21-10-2-8-20(21,9-3-11-21)18(16)12-14/h4-7,12-13H,2-3,8-11,22H2,1H3. The van der Waals surface area contributed by atoms with Crippen LogP contribution >= 0.6 is 0 Å². The zero-order valence-electron chi connectivity index (χ0n) is 13.3. The molecule has 5 rings (SSSR count). The molecule has 2 saturated carbocycles. The summed E-state index contributed by atoms with van der Waals surface area (Å²) in [6.45, 7) is 2.24. The molecule has 22 heavy (non-hydrogen) atoms. The molecule has 0 heterocycles. The lowest BCUT2D eigenvalue weighted by atomic mass is 9.55. The van der Waals surface area contributed by atoms with Gasteiger partial charge in [0.25, 0.3) is 0 Å². The van der Waals surface area contributed by atoms with Crippen LogP contribution in [0.15, 0.2) is 36.4 Å². The number of nitrogen functional groups attached to an aromatic ring is 1. The maximum atomic E-state index is 6.19. The second-order valence-corrected chi connectivity index (χ2v) is 7.73. The Bertz CT molecular complexity index is 711. The van der Waals surface area contributed by atoms with E-state index in [1.165, 1.54) is 55.2 Å². The van der Waals surface area contributed by atoms with E-state index in [4.69, 9.17) is 5.73 Å². The van der Waals surface area contributed by atoms with Gasteiger partial charge >= 0.3 is 0 Å². The SMILES string of the molecule is Cc1ccc2c(c1)C13CCCC1(CCC3)c1cc(N)ccc1-2. The van der Waals surface area contributed by atoms with Gasteiger partial charge in [0, 0.05) is 16.5 Å². The molecule has 1 heteroatoms. The minimum Gasteiger partial charge on any atom is -0.399 e. The van der Waals surface area contributed by atoms with Crippen molar-refractivity contribution in [3.05, 3.63) is 53.1 Å². The molecule has 112 valence electrons. The van der Waals surface area contributed by atoms with Crippen molar-refractivity contribution in [2.75, 3.05) is 5.73 Å². The third-order valence-corrected chi connectivity index (χ3v) is 6.87. The van der Waals surface area contributed by atoms with Crippen LogP contribution in [0.2, 0.25) is 0 Å². The van der Waals surface area contributed by atoms with E-state index in [0.717, 1.165) is 5.69 Å². The predicted molar refractivity (Wildman–Crippen MR) is 92.1 cm³/mol. The van der Waals surface area contributed by atoms with Gasteiger partial charge in [0.15, 0.2) is 0 Å². The molecule has 0 bridgehead atoms. The smallest absolute Gasteiger partial charge is 0.0317 e. The molecule has 2 fully saturated rings. The molecule has 0 amide bonds. The minimum atomic E-state index is 0.360. The number of rotatable bonds is 0. The monoisotopic (exact) mass is 289 g/mol. The van der Waals surface area contributed by atoms with E-state index in [1.807, 2.05) is 0 Å². The normalized spacial score (nSPS) is 31.3. The largest absolute Gasteiger partial charge is 0.399 e. The number of fused-ring (bicyclic) bond motifs is 3. The van der Waals surface area contributed by atoms with E-state index in [0.29, 0.717) is 10.8 Å². The summed E-state index contributed by atoms with van der Waals surface area (Å²) in [7, 11) is 0. The Morgan fingerprint density at radius 1 is 0.773 bits per heavy atom. The van der Waals surface area contributed by atoms with Crippen LogP contribution in [0, 0.1) is 6.92 Å². The van der Waals surface area contributed by atoms with E-state index in [-0.39, 0.29) is 0 Å². The van der Waals surface area contributed by atoms with E-state index in [1.54, 1.807) is 11.1 Å². The van der Waals surface area contributed by atoms with Gasteiger partial charge in [-0.1, -0.05) is 42.7 Å². The Morgan fingerprint density at radius 3 is 1.95 bits per heavy atom. The third kappa shape index (κ3) is 1.27. The zero-order valence-corrected chi connectivity index (χ0v) is 13.3. The van der Waals surface area contributed by atoms with Crippen molar-refractivity contribution >= 4 is 5.69 Å². The molecule has 2 N–H and O–H groups in total. The van der Waals surface area contributed by atoms with Gasteiger partial charge in [-0.05, 0) is 67.0 Å². The van der Waals surface area contributed by atoms with Crippen molar-refractivity contribution in [2.45, 2.75) is 56.3 Å². The fourth-order valence-electron chi connectivity index (χ4n) is 6.13. The molecule has 2 aromatic rings. The van der Waals surface area contributed by atoms with Crippen LogP contribution in [-0.4, -0.2) is 0 Å². The summed E-state index contributed by atoms with van der Waals surface area (Å²) in [5.41, 5.74) is 15.4. The van der Waals surface area contributed by atoms with Crippen LogP contribution in [-0.2, 0) is 10.8 Å². The van der Waals surface area contributed by atoms with Gasteiger partial charge in [-0.15, -0.1) is 0 Å². The highest BCUT2D eigenvalue weighted by Gasteiger charge is 2.62. The second-order valence-electron chi connectivity index (χ2n) is 7.73. The van der Waals surface area contributed by atoms with Crippen LogP contribution in [0.3, 0.4) is 0 Å². The minimum absolute atomic E-state index is 0.360. The predicted octanol–water partition coefficient (Wildman–Crippen LogP) is 5.10. The fourth-order valence-corrected chi connectivity index (χ4v) is 6.13. The van der Waals surface area contributed by atoms with Gasteiger partial charge in [0.05, 0.1) is 0 Å². The van der Waals surface area contributed by atoms with Crippen molar-refractivity contribution in [3.63, 3.8) is 0 Å². The van der Waals surface area contributed by atoms with Crippen molar-refractivity contribution in [1.29, 1.82) is 0 Å². The summed E-state index contributed by atoms with van der Waals surface area (Å²) in [5, 5.41) is 0. The molecule has 0 aliphatic heterocycles. The van der Waals surface area contributed by atoms with E-state index in [2.05, 4.69) is 43.3 Å². The molecule has 0 aromatic heterocycles. The highest BCUT2D eigenvalue weighted by Crippen LogP contribution is 2.69. The van der Waals surface area contributed by atoms with Crippen molar-refractivity contribution in [2.24, 2.45) is 0 Å². The number of anilines is 1. The fraction of sp³-hybridized carbons (Fsp3) is 0.429. The summed E-state index contributed by atoms with van der Waals surface area (Å²) >= 11 is 0. The summed E-state index contributed by atoms with van der Waals surface area (Å²) in [6, 6.07) is 13.8. The van der Waals surface area contributed by atoms with Gasteiger partial charge in [-0.25, -0.2) is 0 Å². The first-order valence-corrected chi connectivity index (χ1v) is 8.68. The van der Waals surface area contributed by atoms with Crippen molar-refractivity contribution in [3.8, 4) is 11.1 Å². The molecule has 0 atom stereocenters. The molecule has 0 unspecified atom stereocenters. The lowest BCUT2D eigenvalue weighted by molar-refractivity contribution is 0.299. The topological polar surface area (TPSA) is 26.0 Å². The Labute approximate surface area is 132 Å².